The smallest absolute Gasteiger partial charge is 0.410 e. The third-order valence-electron chi connectivity index (χ3n) is 5.44. The standard InChI is InChI=1S/C21H20N4O2/c26-21(27-14-15-5-2-1-3-6-15)25-17-7-8-18(25)12-16(11-17)19-13-23-24-10-4-9-22-20(19)24/h1-6,9-11,13,17-18H,7-8,12,14H2. The number of amides is 1. The number of rotatable bonds is 3. The highest BCUT2D eigenvalue weighted by molar-refractivity contribution is 5.79. The third kappa shape index (κ3) is 2.87. The molecule has 2 bridgehead atoms. The first kappa shape index (κ1) is 16.1. The SMILES string of the molecule is O=C(OCc1ccccc1)N1C2C=C(c3cnn4cccnc34)CC1CC2. The number of fused-ring (bicyclic) bond motifs is 3. The lowest BCUT2D eigenvalue weighted by atomic mass is 9.97. The van der Waals surface area contributed by atoms with Crippen molar-refractivity contribution in [2.45, 2.75) is 38.0 Å². The summed E-state index contributed by atoms with van der Waals surface area (Å²) in [6, 6.07) is 11.9. The molecule has 6 heteroatoms. The van der Waals surface area contributed by atoms with Gasteiger partial charge in [-0.3, -0.25) is 4.90 Å². The first-order valence-electron chi connectivity index (χ1n) is 9.28. The highest BCUT2D eigenvalue weighted by atomic mass is 16.6. The van der Waals surface area contributed by atoms with Crippen LogP contribution in [0.1, 0.15) is 30.4 Å². The molecule has 4 heterocycles. The van der Waals surface area contributed by atoms with Gasteiger partial charge in [-0.15, -0.1) is 0 Å². The van der Waals surface area contributed by atoms with E-state index in [0.29, 0.717) is 6.61 Å². The number of hydrogen-bond donors (Lipinski definition) is 0. The number of nitrogens with zero attached hydrogens (tertiary/aromatic N) is 4. The van der Waals surface area contributed by atoms with E-state index in [-0.39, 0.29) is 18.2 Å². The van der Waals surface area contributed by atoms with Gasteiger partial charge in [-0.2, -0.15) is 5.10 Å². The first-order valence-corrected chi connectivity index (χ1v) is 9.28. The monoisotopic (exact) mass is 360 g/mol. The lowest BCUT2D eigenvalue weighted by molar-refractivity contribution is 0.0832. The Morgan fingerprint density at radius 3 is 2.93 bits per heavy atom. The fourth-order valence-corrected chi connectivity index (χ4v) is 4.16. The van der Waals surface area contributed by atoms with Crippen molar-refractivity contribution in [3.63, 3.8) is 0 Å². The molecule has 0 N–H and O–H groups in total. The molecule has 2 aromatic heterocycles. The molecule has 2 aliphatic rings. The van der Waals surface area contributed by atoms with Gasteiger partial charge >= 0.3 is 6.09 Å². The molecule has 1 aromatic carbocycles. The van der Waals surface area contributed by atoms with Gasteiger partial charge in [-0.05, 0) is 36.5 Å². The molecule has 1 amide bonds. The van der Waals surface area contributed by atoms with Gasteiger partial charge in [0.05, 0.1) is 12.2 Å². The molecule has 2 aliphatic heterocycles. The summed E-state index contributed by atoms with van der Waals surface area (Å²) in [6.07, 6.45) is 10.3. The summed E-state index contributed by atoms with van der Waals surface area (Å²) in [5, 5.41) is 4.39. The summed E-state index contributed by atoms with van der Waals surface area (Å²) in [7, 11) is 0. The van der Waals surface area contributed by atoms with Crippen molar-refractivity contribution >= 4 is 17.3 Å². The van der Waals surface area contributed by atoms with E-state index in [2.05, 4.69) is 16.2 Å². The molecule has 0 spiro atoms. The highest BCUT2D eigenvalue weighted by Gasteiger charge is 2.41. The average molecular weight is 360 g/mol. The zero-order valence-corrected chi connectivity index (χ0v) is 14.9. The second-order valence-electron chi connectivity index (χ2n) is 7.09. The second kappa shape index (κ2) is 6.54. The number of carbonyl (C=O) groups excluding carboxylic acids is 1. The maximum absolute atomic E-state index is 12.7. The summed E-state index contributed by atoms with van der Waals surface area (Å²) >= 11 is 0. The van der Waals surface area contributed by atoms with Crippen LogP contribution in [0.3, 0.4) is 0 Å². The zero-order valence-electron chi connectivity index (χ0n) is 14.9. The third-order valence-corrected chi connectivity index (χ3v) is 5.44. The van der Waals surface area contributed by atoms with Gasteiger partial charge in [-0.1, -0.05) is 36.4 Å². The van der Waals surface area contributed by atoms with Crippen LogP contribution in [-0.4, -0.2) is 37.7 Å². The van der Waals surface area contributed by atoms with Crippen LogP contribution in [0, 0.1) is 0 Å². The summed E-state index contributed by atoms with van der Waals surface area (Å²) in [5.74, 6) is 0. The molecule has 6 nitrogen and oxygen atoms in total. The van der Waals surface area contributed by atoms with E-state index in [4.69, 9.17) is 4.74 Å². The number of aromatic nitrogens is 3. The maximum atomic E-state index is 12.7. The van der Waals surface area contributed by atoms with Crippen molar-refractivity contribution in [3.8, 4) is 0 Å². The molecule has 2 atom stereocenters. The van der Waals surface area contributed by atoms with Gasteiger partial charge in [0.15, 0.2) is 5.65 Å². The molecular formula is C21H20N4O2. The van der Waals surface area contributed by atoms with Gasteiger partial charge in [0, 0.05) is 24.0 Å². The molecule has 136 valence electrons. The number of benzene rings is 1. The lowest BCUT2D eigenvalue weighted by Gasteiger charge is -2.33. The minimum absolute atomic E-state index is 0.0840. The Morgan fingerprint density at radius 2 is 2.07 bits per heavy atom. The number of hydrogen-bond acceptors (Lipinski definition) is 4. The van der Waals surface area contributed by atoms with Gasteiger partial charge in [-0.25, -0.2) is 14.3 Å². The molecule has 0 aliphatic carbocycles. The molecule has 5 rings (SSSR count). The van der Waals surface area contributed by atoms with E-state index < -0.39 is 0 Å². The second-order valence-corrected chi connectivity index (χ2v) is 7.09. The van der Waals surface area contributed by atoms with Crippen molar-refractivity contribution < 1.29 is 9.53 Å². The van der Waals surface area contributed by atoms with E-state index >= 15 is 0 Å². The normalized spacial score (nSPS) is 21.3. The van der Waals surface area contributed by atoms with E-state index in [1.165, 1.54) is 5.57 Å². The molecule has 3 aromatic rings. The van der Waals surface area contributed by atoms with E-state index in [1.807, 2.05) is 53.7 Å². The van der Waals surface area contributed by atoms with Crippen LogP contribution in [-0.2, 0) is 11.3 Å². The minimum atomic E-state index is -0.223. The highest BCUT2D eigenvalue weighted by Crippen LogP contribution is 2.39. The Hall–Kier alpha value is -3.15. The van der Waals surface area contributed by atoms with Crippen LogP contribution in [0.25, 0.3) is 11.2 Å². The molecular weight excluding hydrogens is 340 g/mol. The summed E-state index contributed by atoms with van der Waals surface area (Å²) in [5.41, 5.74) is 4.15. The predicted molar refractivity (Wildman–Crippen MR) is 101 cm³/mol. The van der Waals surface area contributed by atoms with E-state index in [0.717, 1.165) is 36.0 Å². The molecule has 0 radical (unpaired) electrons. The molecule has 1 fully saturated rings. The van der Waals surface area contributed by atoms with Crippen molar-refractivity contribution in [3.05, 3.63) is 72.2 Å². The Morgan fingerprint density at radius 1 is 1.19 bits per heavy atom. The van der Waals surface area contributed by atoms with Crippen LogP contribution in [0.4, 0.5) is 4.79 Å². The van der Waals surface area contributed by atoms with Crippen LogP contribution < -0.4 is 0 Å². The van der Waals surface area contributed by atoms with Gasteiger partial charge in [0.25, 0.3) is 0 Å². The summed E-state index contributed by atoms with van der Waals surface area (Å²) in [4.78, 5) is 19.1. The Kier molecular flexibility index (Phi) is 3.89. The van der Waals surface area contributed by atoms with E-state index in [9.17, 15) is 4.79 Å². The maximum Gasteiger partial charge on any atom is 0.410 e. The fourth-order valence-electron chi connectivity index (χ4n) is 4.16. The number of carbonyl (C=O) groups is 1. The molecule has 0 saturated carbocycles. The van der Waals surface area contributed by atoms with Crippen molar-refractivity contribution in [2.24, 2.45) is 0 Å². The average Bonchev–Trinajstić information content (AvgIpc) is 3.25. The fraction of sp³-hybridized carbons (Fsp3) is 0.286. The van der Waals surface area contributed by atoms with Crippen molar-refractivity contribution in [1.29, 1.82) is 0 Å². The summed E-state index contributed by atoms with van der Waals surface area (Å²) < 4.78 is 7.36. The zero-order chi connectivity index (χ0) is 18.2. The topological polar surface area (TPSA) is 59.7 Å². The first-order chi connectivity index (χ1) is 13.3. The summed E-state index contributed by atoms with van der Waals surface area (Å²) in [6.45, 7) is 0.310. The molecule has 27 heavy (non-hydrogen) atoms. The minimum Gasteiger partial charge on any atom is -0.445 e. The van der Waals surface area contributed by atoms with Crippen molar-refractivity contribution in [1.82, 2.24) is 19.5 Å². The van der Waals surface area contributed by atoms with E-state index in [1.54, 1.807) is 10.7 Å². The largest absolute Gasteiger partial charge is 0.445 e. The Bertz CT molecular complexity index is 1010. The Balaban J connectivity index is 1.35. The molecule has 2 unspecified atom stereocenters. The number of ether oxygens (including phenoxy) is 1. The quantitative estimate of drug-likeness (QED) is 0.715. The van der Waals surface area contributed by atoms with Crippen LogP contribution in [0.5, 0.6) is 0 Å². The Labute approximate surface area is 157 Å². The van der Waals surface area contributed by atoms with Crippen LogP contribution in [0.15, 0.2) is 61.1 Å². The van der Waals surface area contributed by atoms with Gasteiger partial charge < -0.3 is 4.74 Å². The van der Waals surface area contributed by atoms with Crippen LogP contribution >= 0.6 is 0 Å². The van der Waals surface area contributed by atoms with Crippen molar-refractivity contribution in [2.75, 3.05) is 0 Å². The molecule has 1 saturated heterocycles. The van der Waals surface area contributed by atoms with Gasteiger partial charge in [0.1, 0.15) is 6.61 Å². The lowest BCUT2D eigenvalue weighted by Crippen LogP contribution is -2.43. The van der Waals surface area contributed by atoms with Crippen LogP contribution in [0.2, 0.25) is 0 Å². The predicted octanol–water partition coefficient (Wildman–Crippen LogP) is 3.69. The van der Waals surface area contributed by atoms with Gasteiger partial charge in [0.2, 0.25) is 0 Å².